The van der Waals surface area contributed by atoms with Crippen LogP contribution < -0.4 is 10.6 Å². The molecule has 1 aliphatic rings. The van der Waals surface area contributed by atoms with Crippen LogP contribution in [0.3, 0.4) is 0 Å². The Morgan fingerprint density at radius 2 is 2.37 bits per heavy atom. The quantitative estimate of drug-likeness (QED) is 0.836. The van der Waals surface area contributed by atoms with Gasteiger partial charge in [0.05, 0.1) is 12.3 Å². The van der Waals surface area contributed by atoms with Crippen molar-refractivity contribution in [1.82, 2.24) is 10.3 Å². The van der Waals surface area contributed by atoms with Crippen molar-refractivity contribution in [2.45, 2.75) is 32.6 Å². The molecule has 0 radical (unpaired) electrons. The van der Waals surface area contributed by atoms with Gasteiger partial charge in [-0.05, 0) is 31.0 Å². The maximum atomic E-state index is 11.4. The number of thiazole rings is 1. The van der Waals surface area contributed by atoms with E-state index in [0.29, 0.717) is 23.6 Å². The molecule has 0 saturated heterocycles. The molecule has 1 saturated carbocycles. The summed E-state index contributed by atoms with van der Waals surface area (Å²) in [6, 6.07) is 0. The van der Waals surface area contributed by atoms with Crippen molar-refractivity contribution < 1.29 is 9.53 Å². The zero-order valence-corrected chi connectivity index (χ0v) is 12.6. The number of anilines is 1. The number of carbonyl (C=O) groups excluding carboxylic acids is 1. The number of alkyl carbamates (subject to hydrolysis) is 1. The van der Waals surface area contributed by atoms with Gasteiger partial charge in [0.1, 0.15) is 0 Å². The Hall–Kier alpha value is -1.21. The first-order valence-corrected chi connectivity index (χ1v) is 7.53. The molecular formula is C12H17N3O2S2. The minimum Gasteiger partial charge on any atom is -0.449 e. The summed E-state index contributed by atoms with van der Waals surface area (Å²) in [4.78, 5) is 15.8. The molecule has 104 valence electrons. The fourth-order valence-electron chi connectivity index (χ4n) is 1.41. The third-order valence-electron chi connectivity index (χ3n) is 2.50. The highest BCUT2D eigenvalue weighted by Crippen LogP contribution is 2.40. The van der Waals surface area contributed by atoms with Crippen molar-refractivity contribution in [3.8, 4) is 0 Å². The van der Waals surface area contributed by atoms with Gasteiger partial charge in [0.2, 0.25) is 0 Å². The van der Waals surface area contributed by atoms with Crippen LogP contribution in [0.2, 0.25) is 0 Å². The lowest BCUT2D eigenvalue weighted by Gasteiger charge is -2.09. The van der Waals surface area contributed by atoms with Crippen molar-refractivity contribution in [2.75, 3.05) is 11.9 Å². The van der Waals surface area contributed by atoms with Crippen LogP contribution in [-0.4, -0.2) is 22.8 Å². The lowest BCUT2D eigenvalue weighted by Crippen LogP contribution is -2.35. The van der Waals surface area contributed by atoms with Gasteiger partial charge in [-0.15, -0.1) is 11.3 Å². The van der Waals surface area contributed by atoms with Crippen molar-refractivity contribution in [2.24, 2.45) is 5.92 Å². The minimum absolute atomic E-state index is 0.213. The Kier molecular flexibility index (Phi) is 4.71. The van der Waals surface area contributed by atoms with Gasteiger partial charge in [0.25, 0.3) is 0 Å². The summed E-state index contributed by atoms with van der Waals surface area (Å²) < 4.78 is 4.97. The summed E-state index contributed by atoms with van der Waals surface area (Å²) in [5, 5.41) is 8.30. The van der Waals surface area contributed by atoms with Gasteiger partial charge in [-0.3, -0.25) is 5.32 Å². The van der Waals surface area contributed by atoms with Crippen LogP contribution in [0.25, 0.3) is 0 Å². The first-order valence-electron chi connectivity index (χ1n) is 6.24. The average Bonchev–Trinajstić information content (AvgIpc) is 3.08. The van der Waals surface area contributed by atoms with Gasteiger partial charge in [-0.2, -0.15) is 0 Å². The average molecular weight is 299 g/mol. The lowest BCUT2D eigenvalue weighted by molar-refractivity contribution is 0.138. The SMILES string of the molecule is CC(C)COC(=O)NC(=S)Nc1nc(C2CC2)cs1. The molecule has 5 nitrogen and oxygen atoms in total. The van der Waals surface area contributed by atoms with Gasteiger partial charge >= 0.3 is 6.09 Å². The van der Waals surface area contributed by atoms with Gasteiger partial charge in [-0.25, -0.2) is 9.78 Å². The second-order valence-corrected chi connectivity index (χ2v) is 6.19. The molecule has 0 aliphatic heterocycles. The first-order chi connectivity index (χ1) is 9.04. The third kappa shape index (κ3) is 4.76. The lowest BCUT2D eigenvalue weighted by atomic mass is 10.2. The van der Waals surface area contributed by atoms with E-state index < -0.39 is 6.09 Å². The van der Waals surface area contributed by atoms with Gasteiger partial charge < -0.3 is 10.1 Å². The Bertz CT molecular complexity index is 469. The van der Waals surface area contributed by atoms with E-state index in [1.54, 1.807) is 0 Å². The molecule has 1 aliphatic carbocycles. The number of ether oxygens (including phenoxy) is 1. The van der Waals surface area contributed by atoms with Crippen LogP contribution in [0.4, 0.5) is 9.93 Å². The molecule has 1 heterocycles. The maximum Gasteiger partial charge on any atom is 0.413 e. The number of nitrogens with one attached hydrogen (secondary N) is 2. The zero-order valence-electron chi connectivity index (χ0n) is 10.9. The molecule has 0 unspecified atom stereocenters. The molecule has 1 aromatic heterocycles. The summed E-state index contributed by atoms with van der Waals surface area (Å²) in [6.07, 6.45) is 1.89. The van der Waals surface area contributed by atoms with Crippen LogP contribution >= 0.6 is 23.6 Å². The summed E-state index contributed by atoms with van der Waals surface area (Å²) in [7, 11) is 0. The first kappa shape index (κ1) is 14.2. The molecular weight excluding hydrogens is 282 g/mol. The highest BCUT2D eigenvalue weighted by atomic mass is 32.1. The van der Waals surface area contributed by atoms with Crippen molar-refractivity contribution in [3.63, 3.8) is 0 Å². The van der Waals surface area contributed by atoms with E-state index in [-0.39, 0.29) is 5.11 Å². The van der Waals surface area contributed by atoms with Crippen molar-refractivity contribution >= 4 is 39.9 Å². The molecule has 2 rings (SSSR count). The van der Waals surface area contributed by atoms with Gasteiger partial charge in [-0.1, -0.05) is 13.8 Å². The molecule has 1 fully saturated rings. The standard InChI is InChI=1S/C12H17N3O2S2/c1-7(2)5-17-12(16)15-10(18)14-11-13-9(6-19-11)8-3-4-8/h6-8H,3-5H2,1-2H3,(H2,13,14,15,16,18). The van der Waals surface area contributed by atoms with E-state index in [0.717, 1.165) is 5.69 Å². The topological polar surface area (TPSA) is 63.2 Å². The molecule has 7 heteroatoms. The summed E-state index contributed by atoms with van der Waals surface area (Å²) in [6.45, 7) is 4.31. The number of aromatic nitrogens is 1. The van der Waals surface area contributed by atoms with Crippen LogP contribution in [0, 0.1) is 5.92 Å². The normalized spacial score (nSPS) is 14.3. The second-order valence-electron chi connectivity index (χ2n) is 4.92. The van der Waals surface area contributed by atoms with E-state index in [9.17, 15) is 4.79 Å². The maximum absolute atomic E-state index is 11.4. The molecule has 0 spiro atoms. The minimum atomic E-state index is -0.537. The third-order valence-corrected chi connectivity index (χ3v) is 3.48. The number of hydrogen-bond acceptors (Lipinski definition) is 5. The molecule has 0 aromatic carbocycles. The Morgan fingerprint density at radius 1 is 1.63 bits per heavy atom. The Labute approximate surface area is 121 Å². The largest absolute Gasteiger partial charge is 0.449 e. The van der Waals surface area contributed by atoms with E-state index in [4.69, 9.17) is 17.0 Å². The Morgan fingerprint density at radius 3 is 3.00 bits per heavy atom. The Balaban J connectivity index is 1.75. The molecule has 1 amide bonds. The summed E-state index contributed by atoms with van der Waals surface area (Å²) >= 11 is 6.52. The number of rotatable bonds is 4. The number of carbonyl (C=O) groups is 1. The molecule has 19 heavy (non-hydrogen) atoms. The van der Waals surface area contributed by atoms with Crippen LogP contribution in [0.5, 0.6) is 0 Å². The second kappa shape index (κ2) is 6.29. The van der Waals surface area contributed by atoms with Crippen molar-refractivity contribution in [3.05, 3.63) is 11.1 Å². The van der Waals surface area contributed by atoms with Crippen LogP contribution in [0.1, 0.15) is 38.3 Å². The molecule has 0 bridgehead atoms. The monoisotopic (exact) mass is 299 g/mol. The smallest absolute Gasteiger partial charge is 0.413 e. The predicted octanol–water partition coefficient (Wildman–Crippen LogP) is 3.10. The van der Waals surface area contributed by atoms with E-state index in [1.165, 1.54) is 24.2 Å². The predicted molar refractivity (Wildman–Crippen MR) is 79.6 cm³/mol. The highest BCUT2D eigenvalue weighted by Gasteiger charge is 2.26. The molecule has 1 aromatic rings. The van der Waals surface area contributed by atoms with E-state index in [1.807, 2.05) is 19.2 Å². The molecule has 2 N–H and O–H groups in total. The van der Waals surface area contributed by atoms with E-state index >= 15 is 0 Å². The molecule has 0 atom stereocenters. The number of amides is 1. The number of nitrogens with zero attached hydrogens (tertiary/aromatic N) is 1. The van der Waals surface area contributed by atoms with Crippen LogP contribution in [0.15, 0.2) is 5.38 Å². The van der Waals surface area contributed by atoms with Gasteiger partial charge in [0.15, 0.2) is 10.2 Å². The summed E-state index contributed by atoms with van der Waals surface area (Å²) in [5.41, 5.74) is 1.11. The van der Waals surface area contributed by atoms with E-state index in [2.05, 4.69) is 15.6 Å². The summed E-state index contributed by atoms with van der Waals surface area (Å²) in [5.74, 6) is 0.914. The highest BCUT2D eigenvalue weighted by molar-refractivity contribution is 7.80. The number of thiocarbonyl (C=S) groups is 1. The zero-order chi connectivity index (χ0) is 13.8. The van der Waals surface area contributed by atoms with Crippen molar-refractivity contribution in [1.29, 1.82) is 0 Å². The fraction of sp³-hybridized carbons (Fsp3) is 0.583. The fourth-order valence-corrected chi connectivity index (χ4v) is 2.45. The van der Waals surface area contributed by atoms with Crippen LogP contribution in [-0.2, 0) is 4.74 Å². The van der Waals surface area contributed by atoms with Gasteiger partial charge in [0, 0.05) is 11.3 Å². The number of hydrogen-bond donors (Lipinski definition) is 2.